The van der Waals surface area contributed by atoms with Gasteiger partial charge < -0.3 is 19.5 Å². The van der Waals surface area contributed by atoms with Crippen molar-refractivity contribution < 1.29 is 24.2 Å². The highest BCUT2D eigenvalue weighted by atomic mass is 16.5. The number of fused-ring (bicyclic) bond motifs is 1. The summed E-state index contributed by atoms with van der Waals surface area (Å²) >= 11 is 0. The van der Waals surface area contributed by atoms with Gasteiger partial charge in [-0.25, -0.2) is 0 Å². The van der Waals surface area contributed by atoms with Crippen molar-refractivity contribution in [3.05, 3.63) is 29.3 Å². The Bertz CT molecular complexity index is 630. The first-order valence-electron chi connectivity index (χ1n) is 8.38. The minimum atomic E-state index is -0.846. The van der Waals surface area contributed by atoms with Crippen molar-refractivity contribution in [3.63, 3.8) is 0 Å². The van der Waals surface area contributed by atoms with E-state index in [0.29, 0.717) is 32.6 Å². The van der Waals surface area contributed by atoms with Gasteiger partial charge in [-0.05, 0) is 36.1 Å². The summed E-state index contributed by atoms with van der Waals surface area (Å²) in [6.45, 7) is 1.71. The van der Waals surface area contributed by atoms with E-state index in [-0.39, 0.29) is 12.3 Å². The van der Waals surface area contributed by atoms with Crippen molar-refractivity contribution in [2.24, 2.45) is 5.92 Å². The minimum absolute atomic E-state index is 0.0188. The number of carboxylic acid groups (broad SMARTS) is 1. The molecule has 1 aromatic rings. The first-order valence-corrected chi connectivity index (χ1v) is 8.38. The molecule has 0 bridgehead atoms. The maximum atomic E-state index is 12.4. The third-order valence-corrected chi connectivity index (χ3v) is 4.83. The van der Waals surface area contributed by atoms with Crippen LogP contribution in [-0.4, -0.2) is 48.8 Å². The molecule has 1 N–H and O–H groups in total. The molecular weight excluding hydrogens is 310 g/mol. The third kappa shape index (κ3) is 3.24. The molecule has 1 fully saturated rings. The molecule has 2 atom stereocenters. The van der Waals surface area contributed by atoms with Crippen LogP contribution in [0, 0.1) is 5.92 Å². The van der Waals surface area contributed by atoms with Crippen LogP contribution in [0.3, 0.4) is 0 Å². The summed E-state index contributed by atoms with van der Waals surface area (Å²) in [6, 6.07) is 5.37. The first kappa shape index (κ1) is 16.8. The molecule has 0 aliphatic carbocycles. The number of ether oxygens (including phenoxy) is 2. The monoisotopic (exact) mass is 333 g/mol. The summed E-state index contributed by atoms with van der Waals surface area (Å²) < 4.78 is 10.6. The van der Waals surface area contributed by atoms with E-state index in [1.54, 1.807) is 12.0 Å². The standard InChI is InChI=1S/C18H23NO5/c1-23-9-2-8-19-16(20)6-4-14(18(21)22)17(19)13-3-5-15-12(11-13)7-10-24-15/h3,5,11,14,17H,2,4,6-10H2,1H3,(H,21,22)/t14-,17-/m1/s1. The fraction of sp³-hybridized carbons (Fsp3) is 0.556. The Morgan fingerprint density at radius 2 is 2.25 bits per heavy atom. The van der Waals surface area contributed by atoms with Crippen molar-refractivity contribution in [2.45, 2.75) is 31.7 Å². The van der Waals surface area contributed by atoms with Crippen molar-refractivity contribution in [3.8, 4) is 5.75 Å². The van der Waals surface area contributed by atoms with E-state index >= 15 is 0 Å². The normalized spacial score (nSPS) is 23.0. The SMILES string of the molecule is COCCCN1C(=O)CC[C@@H](C(=O)O)[C@H]1c1ccc2c(c1)CCO2. The minimum Gasteiger partial charge on any atom is -0.493 e. The molecule has 0 saturated carbocycles. The highest BCUT2D eigenvalue weighted by Crippen LogP contribution is 2.39. The number of likely N-dealkylation sites (tertiary alicyclic amines) is 1. The number of amides is 1. The lowest BCUT2D eigenvalue weighted by molar-refractivity contribution is -0.152. The van der Waals surface area contributed by atoms with Crippen molar-refractivity contribution in [1.29, 1.82) is 0 Å². The number of carbonyl (C=O) groups is 2. The predicted molar refractivity (Wildman–Crippen MR) is 86.9 cm³/mol. The zero-order valence-corrected chi connectivity index (χ0v) is 13.9. The average molecular weight is 333 g/mol. The van der Waals surface area contributed by atoms with Gasteiger partial charge in [-0.3, -0.25) is 9.59 Å². The molecule has 2 aliphatic rings. The van der Waals surface area contributed by atoms with Crippen molar-refractivity contribution in [1.82, 2.24) is 4.90 Å². The molecule has 0 unspecified atom stereocenters. The van der Waals surface area contributed by atoms with Gasteiger partial charge in [0.2, 0.25) is 5.91 Å². The van der Waals surface area contributed by atoms with Gasteiger partial charge in [0, 0.05) is 33.1 Å². The number of hydrogen-bond donors (Lipinski definition) is 1. The van der Waals surface area contributed by atoms with Crippen LogP contribution in [0.25, 0.3) is 0 Å². The average Bonchev–Trinajstić information content (AvgIpc) is 3.03. The molecule has 24 heavy (non-hydrogen) atoms. The highest BCUT2D eigenvalue weighted by molar-refractivity contribution is 5.81. The van der Waals surface area contributed by atoms with E-state index in [1.807, 2.05) is 18.2 Å². The molecule has 2 heterocycles. The molecule has 130 valence electrons. The summed E-state index contributed by atoms with van der Waals surface area (Å²) in [5, 5.41) is 9.65. The topological polar surface area (TPSA) is 76.1 Å². The fourth-order valence-electron chi connectivity index (χ4n) is 3.66. The molecule has 1 aromatic carbocycles. The maximum Gasteiger partial charge on any atom is 0.308 e. The van der Waals surface area contributed by atoms with Gasteiger partial charge in [0.1, 0.15) is 5.75 Å². The Morgan fingerprint density at radius 3 is 3.00 bits per heavy atom. The van der Waals surface area contributed by atoms with Crippen LogP contribution in [0.5, 0.6) is 5.75 Å². The number of hydrogen-bond acceptors (Lipinski definition) is 4. The van der Waals surface area contributed by atoms with E-state index < -0.39 is 17.9 Å². The van der Waals surface area contributed by atoms with Crippen LogP contribution in [-0.2, 0) is 20.7 Å². The highest BCUT2D eigenvalue weighted by Gasteiger charge is 2.40. The van der Waals surface area contributed by atoms with Crippen LogP contribution in [0.2, 0.25) is 0 Å². The van der Waals surface area contributed by atoms with Gasteiger partial charge in [0.15, 0.2) is 0 Å². The summed E-state index contributed by atoms with van der Waals surface area (Å²) in [6.07, 6.45) is 2.19. The Hall–Kier alpha value is -2.08. The van der Waals surface area contributed by atoms with Gasteiger partial charge in [-0.1, -0.05) is 6.07 Å². The Morgan fingerprint density at radius 1 is 1.42 bits per heavy atom. The lowest BCUT2D eigenvalue weighted by atomic mass is 9.83. The number of carboxylic acids is 1. The second kappa shape index (κ2) is 7.21. The smallest absolute Gasteiger partial charge is 0.308 e. The van der Waals surface area contributed by atoms with Crippen LogP contribution < -0.4 is 4.74 Å². The zero-order chi connectivity index (χ0) is 17.1. The summed E-state index contributed by atoms with van der Waals surface area (Å²) in [7, 11) is 1.62. The van der Waals surface area contributed by atoms with Crippen molar-refractivity contribution >= 4 is 11.9 Å². The lowest BCUT2D eigenvalue weighted by Crippen LogP contribution is -2.46. The van der Waals surface area contributed by atoms with Crippen LogP contribution >= 0.6 is 0 Å². The van der Waals surface area contributed by atoms with Crippen LogP contribution in [0.1, 0.15) is 36.4 Å². The van der Waals surface area contributed by atoms with Crippen LogP contribution in [0.4, 0.5) is 0 Å². The van der Waals surface area contributed by atoms with E-state index in [9.17, 15) is 14.7 Å². The molecule has 1 saturated heterocycles. The number of nitrogens with zero attached hydrogens (tertiary/aromatic N) is 1. The Balaban J connectivity index is 1.92. The number of rotatable bonds is 6. The summed E-state index contributed by atoms with van der Waals surface area (Å²) in [5.41, 5.74) is 1.98. The van der Waals surface area contributed by atoms with Gasteiger partial charge in [0.25, 0.3) is 0 Å². The third-order valence-electron chi connectivity index (χ3n) is 4.83. The molecule has 6 heteroatoms. The van der Waals surface area contributed by atoms with Crippen molar-refractivity contribution in [2.75, 3.05) is 26.9 Å². The molecule has 6 nitrogen and oxygen atoms in total. The summed E-state index contributed by atoms with van der Waals surface area (Å²) in [4.78, 5) is 25.9. The second-order valence-corrected chi connectivity index (χ2v) is 6.33. The van der Waals surface area contributed by atoms with Gasteiger partial charge in [-0.15, -0.1) is 0 Å². The zero-order valence-electron chi connectivity index (χ0n) is 13.9. The van der Waals surface area contributed by atoms with E-state index in [0.717, 1.165) is 23.3 Å². The molecule has 3 rings (SSSR count). The second-order valence-electron chi connectivity index (χ2n) is 6.33. The summed E-state index contributed by atoms with van der Waals surface area (Å²) in [5.74, 6) is -0.546. The number of carbonyl (C=O) groups excluding carboxylic acids is 1. The molecule has 0 radical (unpaired) electrons. The fourth-order valence-corrected chi connectivity index (χ4v) is 3.66. The lowest BCUT2D eigenvalue weighted by Gasteiger charge is -2.40. The van der Waals surface area contributed by atoms with Crippen LogP contribution in [0.15, 0.2) is 18.2 Å². The van der Waals surface area contributed by atoms with E-state index in [2.05, 4.69) is 0 Å². The van der Waals surface area contributed by atoms with Gasteiger partial charge >= 0.3 is 5.97 Å². The number of benzene rings is 1. The molecule has 1 amide bonds. The number of piperidine rings is 1. The Kier molecular flexibility index (Phi) is 5.04. The number of aliphatic carboxylic acids is 1. The quantitative estimate of drug-likeness (QED) is 0.806. The first-order chi connectivity index (χ1) is 11.6. The van der Waals surface area contributed by atoms with E-state index in [1.165, 1.54) is 0 Å². The Labute approximate surface area is 141 Å². The van der Waals surface area contributed by atoms with Gasteiger partial charge in [-0.2, -0.15) is 0 Å². The number of methoxy groups -OCH3 is 1. The largest absolute Gasteiger partial charge is 0.493 e. The molecular formula is C18H23NO5. The molecule has 2 aliphatic heterocycles. The van der Waals surface area contributed by atoms with Gasteiger partial charge in [0.05, 0.1) is 18.6 Å². The van der Waals surface area contributed by atoms with E-state index in [4.69, 9.17) is 9.47 Å². The molecule has 0 aromatic heterocycles. The molecule has 0 spiro atoms. The predicted octanol–water partition coefficient (Wildman–Crippen LogP) is 2.02. The maximum absolute atomic E-state index is 12.4.